The van der Waals surface area contributed by atoms with E-state index in [9.17, 15) is 20.2 Å². The third kappa shape index (κ3) is 4.45. The first kappa shape index (κ1) is 19.3. The lowest BCUT2D eigenvalue weighted by Crippen LogP contribution is -2.32. The number of hydrogen-bond donors (Lipinski definition) is 1. The lowest BCUT2D eigenvalue weighted by Gasteiger charge is -2.09. The smallest absolute Gasteiger partial charge is 0.269 e. The van der Waals surface area contributed by atoms with E-state index in [-0.39, 0.29) is 17.4 Å². The number of benzene rings is 1. The van der Waals surface area contributed by atoms with Gasteiger partial charge in [-0.15, -0.1) is 0 Å². The highest BCUT2D eigenvalue weighted by molar-refractivity contribution is 6.01. The summed E-state index contributed by atoms with van der Waals surface area (Å²) in [6, 6.07) is 9.69. The maximum Gasteiger partial charge on any atom is 0.269 e. The number of nitrogens with zero attached hydrogens (tertiary/aromatic N) is 2. The van der Waals surface area contributed by atoms with E-state index in [1.54, 1.807) is 25.1 Å². The summed E-state index contributed by atoms with van der Waals surface area (Å²) in [6.45, 7) is 2.81. The van der Waals surface area contributed by atoms with Crippen molar-refractivity contribution < 1.29 is 18.9 Å². The standard InChI is InChI=1S/C20H19N3O5/c1-13-9-15(23(25)26)4-6-18(13)19-7-5-16(28-19)10-14(11-21)20(24)22-12-17-3-2-8-27-17/h4-7,9-10,17H,2-3,8,12H2,1H3,(H,22,24)/b14-10+/t17-/m0/s1. The monoisotopic (exact) mass is 381 g/mol. The quantitative estimate of drug-likeness (QED) is 0.355. The zero-order valence-corrected chi connectivity index (χ0v) is 15.3. The highest BCUT2D eigenvalue weighted by Crippen LogP contribution is 2.29. The fourth-order valence-electron chi connectivity index (χ4n) is 3.01. The number of amides is 1. The largest absolute Gasteiger partial charge is 0.457 e. The lowest BCUT2D eigenvalue weighted by atomic mass is 10.1. The predicted molar refractivity (Wildman–Crippen MR) is 101 cm³/mol. The van der Waals surface area contributed by atoms with Crippen molar-refractivity contribution in [3.63, 3.8) is 0 Å². The summed E-state index contributed by atoms with van der Waals surface area (Å²) in [7, 11) is 0. The van der Waals surface area contributed by atoms with Crippen molar-refractivity contribution in [1.82, 2.24) is 5.32 Å². The van der Waals surface area contributed by atoms with Crippen molar-refractivity contribution in [3.05, 3.63) is 57.3 Å². The molecule has 1 aromatic heterocycles. The van der Waals surface area contributed by atoms with Crippen LogP contribution in [0.3, 0.4) is 0 Å². The van der Waals surface area contributed by atoms with Gasteiger partial charge in [0.25, 0.3) is 11.6 Å². The number of rotatable bonds is 6. The third-order valence-electron chi connectivity index (χ3n) is 4.48. The summed E-state index contributed by atoms with van der Waals surface area (Å²) in [5, 5.41) is 22.8. The van der Waals surface area contributed by atoms with Crippen LogP contribution in [0.25, 0.3) is 17.4 Å². The average Bonchev–Trinajstić information content (AvgIpc) is 3.36. The molecule has 0 aliphatic carbocycles. The van der Waals surface area contributed by atoms with Gasteiger partial charge >= 0.3 is 0 Å². The molecule has 3 rings (SSSR count). The van der Waals surface area contributed by atoms with Crippen LogP contribution in [0.5, 0.6) is 0 Å². The fraction of sp³-hybridized carbons (Fsp3) is 0.300. The minimum absolute atomic E-state index is 0.00241. The highest BCUT2D eigenvalue weighted by atomic mass is 16.6. The Kier molecular flexibility index (Phi) is 5.87. The number of non-ortho nitro benzene ring substituents is 1. The van der Waals surface area contributed by atoms with Crippen molar-refractivity contribution in [3.8, 4) is 17.4 Å². The Labute approximate surface area is 161 Å². The molecule has 0 radical (unpaired) electrons. The van der Waals surface area contributed by atoms with E-state index in [0.717, 1.165) is 12.8 Å². The van der Waals surface area contributed by atoms with Crippen molar-refractivity contribution in [2.24, 2.45) is 0 Å². The molecular formula is C20H19N3O5. The first-order valence-corrected chi connectivity index (χ1v) is 8.85. The predicted octanol–water partition coefficient (Wildman–Crippen LogP) is 3.37. The van der Waals surface area contributed by atoms with Crippen LogP contribution in [-0.2, 0) is 9.53 Å². The summed E-state index contributed by atoms with van der Waals surface area (Å²) in [5.41, 5.74) is 1.32. The number of ether oxygens (including phenoxy) is 1. The number of aryl methyl sites for hydroxylation is 1. The van der Waals surface area contributed by atoms with Crippen LogP contribution in [0.2, 0.25) is 0 Å². The van der Waals surface area contributed by atoms with Crippen LogP contribution >= 0.6 is 0 Å². The van der Waals surface area contributed by atoms with Gasteiger partial charge in [0.1, 0.15) is 23.2 Å². The van der Waals surface area contributed by atoms with E-state index >= 15 is 0 Å². The van der Waals surface area contributed by atoms with E-state index in [1.165, 1.54) is 18.2 Å². The highest BCUT2D eigenvalue weighted by Gasteiger charge is 2.18. The van der Waals surface area contributed by atoms with Crippen LogP contribution in [0.15, 0.2) is 40.3 Å². The molecule has 0 saturated carbocycles. The van der Waals surface area contributed by atoms with Gasteiger partial charge in [0, 0.05) is 36.9 Å². The second-order valence-electron chi connectivity index (χ2n) is 6.47. The Hall–Kier alpha value is -3.44. The summed E-state index contributed by atoms with van der Waals surface area (Å²) in [6.07, 6.45) is 3.22. The van der Waals surface area contributed by atoms with Crippen molar-refractivity contribution >= 4 is 17.7 Å². The van der Waals surface area contributed by atoms with Gasteiger partial charge in [-0.1, -0.05) is 0 Å². The minimum Gasteiger partial charge on any atom is -0.457 e. The molecule has 1 saturated heterocycles. The number of nitro groups is 1. The molecule has 1 aliphatic heterocycles. The van der Waals surface area contributed by atoms with Gasteiger partial charge in [0.15, 0.2) is 0 Å². The van der Waals surface area contributed by atoms with E-state index < -0.39 is 10.8 Å². The molecule has 2 aromatic rings. The maximum atomic E-state index is 12.2. The third-order valence-corrected chi connectivity index (χ3v) is 4.48. The zero-order valence-electron chi connectivity index (χ0n) is 15.3. The number of carbonyl (C=O) groups excluding carboxylic acids is 1. The zero-order chi connectivity index (χ0) is 20.1. The van der Waals surface area contributed by atoms with Crippen LogP contribution < -0.4 is 5.32 Å². The molecule has 2 heterocycles. The molecule has 1 N–H and O–H groups in total. The molecule has 1 aliphatic rings. The first-order valence-electron chi connectivity index (χ1n) is 8.85. The van der Waals surface area contributed by atoms with Crippen molar-refractivity contribution in [2.45, 2.75) is 25.9 Å². The average molecular weight is 381 g/mol. The molecule has 28 heavy (non-hydrogen) atoms. The molecule has 0 unspecified atom stereocenters. The normalized spacial score (nSPS) is 16.6. The molecule has 144 valence electrons. The van der Waals surface area contributed by atoms with Crippen molar-refractivity contribution in [1.29, 1.82) is 5.26 Å². The number of nitro benzene ring substituents is 1. The second kappa shape index (κ2) is 8.50. The number of hydrogen-bond acceptors (Lipinski definition) is 6. The fourth-order valence-corrected chi connectivity index (χ4v) is 3.01. The molecule has 1 amide bonds. The van der Waals surface area contributed by atoms with Crippen molar-refractivity contribution in [2.75, 3.05) is 13.2 Å². The van der Waals surface area contributed by atoms with E-state index in [1.807, 2.05) is 6.07 Å². The minimum atomic E-state index is -0.484. The number of furan rings is 1. The molecule has 8 nitrogen and oxygen atoms in total. The van der Waals surface area contributed by atoms with Gasteiger partial charge in [0.2, 0.25) is 0 Å². The van der Waals surface area contributed by atoms with E-state index in [2.05, 4.69) is 5.32 Å². The van der Waals surface area contributed by atoms with Crippen LogP contribution in [-0.4, -0.2) is 30.1 Å². The summed E-state index contributed by atoms with van der Waals surface area (Å²) >= 11 is 0. The Morgan fingerprint density at radius 1 is 1.43 bits per heavy atom. The summed E-state index contributed by atoms with van der Waals surface area (Å²) in [5.74, 6) is 0.356. The Balaban J connectivity index is 1.73. The van der Waals surface area contributed by atoms with Gasteiger partial charge in [-0.2, -0.15) is 5.26 Å². The summed E-state index contributed by atoms with van der Waals surface area (Å²) < 4.78 is 11.2. The molecule has 0 bridgehead atoms. The Morgan fingerprint density at radius 2 is 2.25 bits per heavy atom. The molecule has 8 heteroatoms. The maximum absolute atomic E-state index is 12.2. The van der Waals surface area contributed by atoms with Gasteiger partial charge in [0.05, 0.1) is 11.0 Å². The Morgan fingerprint density at radius 3 is 2.89 bits per heavy atom. The topological polar surface area (TPSA) is 118 Å². The number of carbonyl (C=O) groups is 1. The molecule has 1 aromatic carbocycles. The Bertz CT molecular complexity index is 964. The second-order valence-corrected chi connectivity index (χ2v) is 6.47. The molecule has 0 spiro atoms. The molecule has 1 atom stereocenters. The first-order chi connectivity index (χ1) is 13.5. The lowest BCUT2D eigenvalue weighted by molar-refractivity contribution is -0.384. The van der Waals surface area contributed by atoms with Gasteiger partial charge in [-0.05, 0) is 43.5 Å². The number of nitriles is 1. The number of nitrogens with one attached hydrogen (secondary N) is 1. The van der Waals surface area contributed by atoms with Gasteiger partial charge in [-0.3, -0.25) is 14.9 Å². The van der Waals surface area contributed by atoms with E-state index in [4.69, 9.17) is 9.15 Å². The van der Waals surface area contributed by atoms with Gasteiger partial charge < -0.3 is 14.5 Å². The summed E-state index contributed by atoms with van der Waals surface area (Å²) in [4.78, 5) is 22.6. The SMILES string of the molecule is Cc1cc([N+](=O)[O-])ccc1-c1ccc(/C=C(\C#N)C(=O)NC[C@@H]2CCCO2)o1. The molecule has 1 fully saturated rings. The van der Waals surface area contributed by atoms with Gasteiger partial charge in [-0.25, -0.2) is 0 Å². The van der Waals surface area contributed by atoms with E-state index in [0.29, 0.717) is 35.8 Å². The molecular weight excluding hydrogens is 362 g/mol. The van der Waals surface area contributed by atoms with Crippen LogP contribution in [0.1, 0.15) is 24.2 Å². The van der Waals surface area contributed by atoms with Crippen LogP contribution in [0, 0.1) is 28.4 Å². The van der Waals surface area contributed by atoms with Crippen LogP contribution in [0.4, 0.5) is 5.69 Å².